The molecule has 1 saturated heterocycles. The molecule has 0 N–H and O–H groups in total. The molecule has 2 atom stereocenters. The zero-order valence-electron chi connectivity index (χ0n) is 8.85. The minimum atomic E-state index is -0.220. The Balaban J connectivity index is 2.23. The lowest BCUT2D eigenvalue weighted by molar-refractivity contribution is 0.0171. The van der Waals surface area contributed by atoms with Crippen molar-refractivity contribution in [2.24, 2.45) is 0 Å². The van der Waals surface area contributed by atoms with Crippen LogP contribution in [0.5, 0.6) is 0 Å². The van der Waals surface area contributed by atoms with Crippen molar-refractivity contribution in [1.82, 2.24) is 0 Å². The van der Waals surface area contributed by atoms with Gasteiger partial charge in [0.2, 0.25) is 0 Å². The Morgan fingerprint density at radius 2 is 2.33 bits per heavy atom. The summed E-state index contributed by atoms with van der Waals surface area (Å²) >= 11 is 14.1. The van der Waals surface area contributed by atoms with Gasteiger partial charge in [-0.15, -0.1) is 22.9 Å². The molecule has 0 amide bonds. The minimum absolute atomic E-state index is 0.0869. The molecule has 4 heteroatoms. The van der Waals surface area contributed by atoms with Crippen LogP contribution in [0.25, 0.3) is 0 Å². The molecule has 0 radical (unpaired) electrons. The van der Waals surface area contributed by atoms with Crippen LogP contribution in [0.2, 0.25) is 4.34 Å². The summed E-state index contributed by atoms with van der Waals surface area (Å²) in [5, 5.41) is -0.0869. The van der Waals surface area contributed by atoms with Crippen LogP contribution in [0.15, 0.2) is 6.07 Å². The van der Waals surface area contributed by atoms with Crippen LogP contribution in [-0.4, -0.2) is 12.2 Å². The highest BCUT2D eigenvalue weighted by atomic mass is 35.5. The second kappa shape index (κ2) is 4.25. The van der Waals surface area contributed by atoms with Gasteiger partial charge < -0.3 is 4.74 Å². The van der Waals surface area contributed by atoms with Gasteiger partial charge in [0.25, 0.3) is 0 Å². The molecule has 0 aliphatic carbocycles. The van der Waals surface area contributed by atoms with Gasteiger partial charge in [-0.3, -0.25) is 0 Å². The van der Waals surface area contributed by atoms with Crippen LogP contribution in [0.1, 0.15) is 35.6 Å². The quantitative estimate of drug-likeness (QED) is 0.712. The van der Waals surface area contributed by atoms with Gasteiger partial charge in [-0.25, -0.2) is 0 Å². The number of hydrogen-bond donors (Lipinski definition) is 0. The summed E-state index contributed by atoms with van der Waals surface area (Å²) in [5.74, 6) is 0. The van der Waals surface area contributed by atoms with E-state index in [4.69, 9.17) is 27.9 Å². The summed E-state index contributed by atoms with van der Waals surface area (Å²) < 4.78 is 6.57. The SMILES string of the molecule is Cc1cc(C(Cl)C2(C)CCCO2)sc1Cl. The van der Waals surface area contributed by atoms with E-state index in [1.165, 1.54) is 0 Å². The highest BCUT2D eigenvalue weighted by Gasteiger charge is 2.39. The van der Waals surface area contributed by atoms with Crippen molar-refractivity contribution >= 4 is 34.5 Å². The van der Waals surface area contributed by atoms with Crippen molar-refractivity contribution < 1.29 is 4.74 Å². The maximum atomic E-state index is 6.47. The molecule has 0 spiro atoms. The zero-order chi connectivity index (χ0) is 11.1. The van der Waals surface area contributed by atoms with Gasteiger partial charge in [-0.1, -0.05) is 11.6 Å². The molecule has 0 bridgehead atoms. The van der Waals surface area contributed by atoms with Crippen LogP contribution in [0.4, 0.5) is 0 Å². The fourth-order valence-corrected chi connectivity index (χ4v) is 3.62. The lowest BCUT2D eigenvalue weighted by atomic mass is 9.97. The van der Waals surface area contributed by atoms with Crippen molar-refractivity contribution in [1.29, 1.82) is 0 Å². The van der Waals surface area contributed by atoms with Crippen LogP contribution < -0.4 is 0 Å². The maximum absolute atomic E-state index is 6.47. The van der Waals surface area contributed by atoms with Crippen LogP contribution in [0.3, 0.4) is 0 Å². The number of rotatable bonds is 2. The molecule has 2 rings (SSSR count). The fourth-order valence-electron chi connectivity index (χ4n) is 1.91. The Morgan fingerprint density at radius 3 is 2.80 bits per heavy atom. The first-order chi connectivity index (χ1) is 7.03. The van der Waals surface area contributed by atoms with E-state index in [1.54, 1.807) is 11.3 Å². The lowest BCUT2D eigenvalue weighted by Crippen LogP contribution is -2.28. The van der Waals surface area contributed by atoms with Crippen LogP contribution in [-0.2, 0) is 4.74 Å². The molecular formula is C11H14Cl2OS. The number of hydrogen-bond acceptors (Lipinski definition) is 2. The van der Waals surface area contributed by atoms with Gasteiger partial charge in [-0.2, -0.15) is 0 Å². The number of ether oxygens (including phenoxy) is 1. The van der Waals surface area contributed by atoms with E-state index in [0.717, 1.165) is 34.2 Å². The second-order valence-corrected chi connectivity index (χ2v) is 6.36. The molecule has 2 heterocycles. The average Bonchev–Trinajstić information content (AvgIpc) is 2.75. The molecule has 1 aromatic heterocycles. The molecule has 2 unspecified atom stereocenters. The van der Waals surface area contributed by atoms with Crippen molar-refractivity contribution in [3.8, 4) is 0 Å². The second-order valence-electron chi connectivity index (χ2n) is 4.23. The van der Waals surface area contributed by atoms with E-state index in [2.05, 4.69) is 13.0 Å². The predicted molar refractivity (Wildman–Crippen MR) is 66.3 cm³/mol. The number of alkyl halides is 1. The summed E-state index contributed by atoms with van der Waals surface area (Å²) in [6, 6.07) is 2.07. The molecular weight excluding hydrogens is 251 g/mol. The van der Waals surface area contributed by atoms with E-state index in [1.807, 2.05) is 6.92 Å². The highest BCUT2D eigenvalue weighted by Crippen LogP contribution is 2.45. The van der Waals surface area contributed by atoms with Crippen molar-refractivity contribution in [3.63, 3.8) is 0 Å². The van der Waals surface area contributed by atoms with E-state index in [-0.39, 0.29) is 11.0 Å². The Morgan fingerprint density at radius 1 is 1.60 bits per heavy atom. The Labute approximate surface area is 104 Å². The van der Waals surface area contributed by atoms with Gasteiger partial charge in [0.05, 0.1) is 15.3 Å². The van der Waals surface area contributed by atoms with Gasteiger partial charge in [-0.05, 0) is 38.3 Å². The third kappa shape index (κ3) is 2.19. The highest BCUT2D eigenvalue weighted by molar-refractivity contribution is 7.16. The molecule has 15 heavy (non-hydrogen) atoms. The van der Waals surface area contributed by atoms with E-state index in [9.17, 15) is 0 Å². The third-order valence-electron chi connectivity index (χ3n) is 2.91. The van der Waals surface area contributed by atoms with E-state index < -0.39 is 0 Å². The summed E-state index contributed by atoms with van der Waals surface area (Å²) in [6.07, 6.45) is 2.12. The maximum Gasteiger partial charge on any atom is 0.0965 e. The van der Waals surface area contributed by atoms with Crippen molar-refractivity contribution in [2.45, 2.75) is 37.7 Å². The van der Waals surface area contributed by atoms with Crippen LogP contribution >= 0.6 is 34.5 Å². The summed E-state index contributed by atoms with van der Waals surface area (Å²) in [5.41, 5.74) is 0.881. The molecule has 1 aromatic rings. The first-order valence-electron chi connectivity index (χ1n) is 5.07. The minimum Gasteiger partial charge on any atom is -0.373 e. The molecule has 1 fully saturated rings. The third-order valence-corrected chi connectivity index (χ3v) is 5.36. The smallest absolute Gasteiger partial charge is 0.0965 e. The molecule has 0 saturated carbocycles. The first-order valence-corrected chi connectivity index (χ1v) is 6.70. The molecule has 0 aromatic carbocycles. The summed E-state index contributed by atoms with van der Waals surface area (Å²) in [4.78, 5) is 1.11. The zero-order valence-corrected chi connectivity index (χ0v) is 11.2. The Bertz CT molecular complexity index is 336. The first kappa shape index (κ1) is 11.7. The Hall–Kier alpha value is 0.240. The molecule has 1 aliphatic heterocycles. The number of thiophene rings is 1. The molecule has 1 aliphatic rings. The van der Waals surface area contributed by atoms with Gasteiger partial charge >= 0.3 is 0 Å². The van der Waals surface area contributed by atoms with Crippen molar-refractivity contribution in [2.75, 3.05) is 6.61 Å². The standard InChI is InChI=1S/C11H14Cl2OS/c1-7-6-8(15-10(7)13)9(12)11(2)4-3-5-14-11/h6,9H,3-5H2,1-2H3. The topological polar surface area (TPSA) is 9.23 Å². The van der Waals surface area contributed by atoms with Crippen LogP contribution in [0, 0.1) is 6.92 Å². The van der Waals surface area contributed by atoms with E-state index >= 15 is 0 Å². The normalized spacial score (nSPS) is 28.3. The average molecular weight is 265 g/mol. The summed E-state index contributed by atoms with van der Waals surface area (Å²) in [7, 11) is 0. The summed E-state index contributed by atoms with van der Waals surface area (Å²) in [6.45, 7) is 4.90. The monoisotopic (exact) mass is 264 g/mol. The lowest BCUT2D eigenvalue weighted by Gasteiger charge is -2.27. The van der Waals surface area contributed by atoms with Gasteiger partial charge in [0, 0.05) is 11.5 Å². The number of halogens is 2. The van der Waals surface area contributed by atoms with Gasteiger partial charge in [0.1, 0.15) is 0 Å². The molecule has 84 valence electrons. The fraction of sp³-hybridized carbons (Fsp3) is 0.636. The predicted octanol–water partition coefficient (Wildman–Crippen LogP) is 4.56. The Kier molecular flexibility index (Phi) is 3.32. The molecule has 1 nitrogen and oxygen atoms in total. The van der Waals surface area contributed by atoms with Crippen molar-refractivity contribution in [3.05, 3.63) is 20.8 Å². The largest absolute Gasteiger partial charge is 0.373 e. The van der Waals surface area contributed by atoms with Gasteiger partial charge in [0.15, 0.2) is 0 Å². The van der Waals surface area contributed by atoms with E-state index in [0.29, 0.717) is 0 Å². The number of aryl methyl sites for hydroxylation is 1.